The Labute approximate surface area is 142 Å². The molecule has 0 spiro atoms. The average molecular weight is 334 g/mol. The molecule has 24 heavy (non-hydrogen) atoms. The SMILES string of the molecule is COc1ccc(N=c2nc(-c3ccc4ccccc4c3)os2)cc1. The third-order valence-electron chi connectivity index (χ3n) is 3.69. The van der Waals surface area contributed by atoms with Gasteiger partial charge < -0.3 is 8.59 Å². The molecule has 0 amide bonds. The van der Waals surface area contributed by atoms with E-state index in [2.05, 4.69) is 34.2 Å². The summed E-state index contributed by atoms with van der Waals surface area (Å²) in [7, 11) is 1.64. The summed E-state index contributed by atoms with van der Waals surface area (Å²) in [5, 5.41) is 2.35. The number of fused-ring (bicyclic) bond motifs is 1. The molecule has 0 aliphatic carbocycles. The molecule has 0 radical (unpaired) electrons. The van der Waals surface area contributed by atoms with E-state index in [0.717, 1.165) is 22.4 Å². The highest BCUT2D eigenvalue weighted by atomic mass is 32.1. The third kappa shape index (κ3) is 2.94. The summed E-state index contributed by atoms with van der Waals surface area (Å²) in [6, 6.07) is 21.9. The lowest BCUT2D eigenvalue weighted by molar-refractivity contribution is 0.415. The predicted octanol–water partition coefficient (Wildman–Crippen LogP) is 4.80. The van der Waals surface area contributed by atoms with Crippen molar-refractivity contribution < 1.29 is 8.59 Å². The van der Waals surface area contributed by atoms with Gasteiger partial charge in [0.05, 0.1) is 24.4 Å². The molecule has 4 nitrogen and oxygen atoms in total. The van der Waals surface area contributed by atoms with E-state index in [9.17, 15) is 0 Å². The van der Waals surface area contributed by atoms with Gasteiger partial charge in [-0.3, -0.25) is 0 Å². The first-order valence-electron chi connectivity index (χ1n) is 7.47. The summed E-state index contributed by atoms with van der Waals surface area (Å²) >= 11 is 1.17. The second-order valence-electron chi connectivity index (χ2n) is 5.24. The van der Waals surface area contributed by atoms with Crippen molar-refractivity contribution in [1.29, 1.82) is 0 Å². The maximum absolute atomic E-state index is 5.63. The fourth-order valence-electron chi connectivity index (χ4n) is 2.45. The number of benzene rings is 3. The van der Waals surface area contributed by atoms with E-state index in [1.165, 1.54) is 17.0 Å². The fraction of sp³-hybridized carbons (Fsp3) is 0.0526. The van der Waals surface area contributed by atoms with Crippen LogP contribution in [0.4, 0.5) is 5.69 Å². The Hall–Kier alpha value is -2.92. The molecule has 0 unspecified atom stereocenters. The zero-order valence-corrected chi connectivity index (χ0v) is 13.8. The number of ether oxygens (including phenoxy) is 1. The topological polar surface area (TPSA) is 47.6 Å². The van der Waals surface area contributed by atoms with E-state index >= 15 is 0 Å². The molecule has 118 valence electrons. The van der Waals surface area contributed by atoms with Crippen molar-refractivity contribution in [3.05, 3.63) is 71.5 Å². The van der Waals surface area contributed by atoms with Gasteiger partial charge in [-0.2, -0.15) is 4.98 Å². The first-order valence-corrected chi connectivity index (χ1v) is 8.21. The van der Waals surface area contributed by atoms with Gasteiger partial charge in [0, 0.05) is 5.56 Å². The number of hydrogen-bond acceptors (Lipinski definition) is 5. The van der Waals surface area contributed by atoms with Gasteiger partial charge in [0.1, 0.15) is 5.75 Å². The van der Waals surface area contributed by atoms with Crippen molar-refractivity contribution >= 4 is 28.1 Å². The molecule has 0 N–H and O–H groups in total. The molecule has 1 heterocycles. The van der Waals surface area contributed by atoms with Gasteiger partial charge >= 0.3 is 0 Å². The molecule has 0 bridgehead atoms. The highest BCUT2D eigenvalue weighted by Gasteiger charge is 2.06. The monoisotopic (exact) mass is 334 g/mol. The van der Waals surface area contributed by atoms with Crippen molar-refractivity contribution in [2.24, 2.45) is 4.99 Å². The van der Waals surface area contributed by atoms with Crippen LogP contribution < -0.4 is 9.54 Å². The summed E-state index contributed by atoms with van der Waals surface area (Å²) < 4.78 is 10.8. The zero-order valence-electron chi connectivity index (χ0n) is 13.0. The van der Waals surface area contributed by atoms with Crippen LogP contribution in [-0.4, -0.2) is 12.1 Å². The Morgan fingerprint density at radius 1 is 0.958 bits per heavy atom. The largest absolute Gasteiger partial charge is 0.497 e. The predicted molar refractivity (Wildman–Crippen MR) is 95.5 cm³/mol. The van der Waals surface area contributed by atoms with Crippen LogP contribution in [0.2, 0.25) is 0 Å². The number of rotatable bonds is 3. The van der Waals surface area contributed by atoms with Gasteiger partial charge in [0.15, 0.2) is 0 Å². The number of methoxy groups -OCH3 is 1. The molecule has 1 aromatic heterocycles. The van der Waals surface area contributed by atoms with Gasteiger partial charge in [-0.25, -0.2) is 4.99 Å². The van der Waals surface area contributed by atoms with Crippen LogP contribution in [0.5, 0.6) is 5.75 Å². The second kappa shape index (κ2) is 6.29. The molecule has 0 aliphatic heterocycles. The van der Waals surface area contributed by atoms with Crippen LogP contribution >= 0.6 is 11.6 Å². The highest BCUT2D eigenvalue weighted by molar-refractivity contribution is 7.00. The minimum atomic E-state index is 0.581. The van der Waals surface area contributed by atoms with E-state index < -0.39 is 0 Å². The van der Waals surface area contributed by atoms with Crippen molar-refractivity contribution in [2.75, 3.05) is 7.11 Å². The minimum Gasteiger partial charge on any atom is -0.497 e. The summed E-state index contributed by atoms with van der Waals surface area (Å²) in [6.07, 6.45) is 0. The van der Waals surface area contributed by atoms with Crippen LogP contribution in [0.15, 0.2) is 75.6 Å². The summed E-state index contributed by atoms with van der Waals surface area (Å²) in [5.74, 6) is 1.38. The fourth-order valence-corrected chi connectivity index (χ4v) is 3.00. The number of hydrogen-bond donors (Lipinski definition) is 0. The number of aromatic nitrogens is 1. The normalized spacial score (nSPS) is 11.8. The van der Waals surface area contributed by atoms with E-state index in [-0.39, 0.29) is 0 Å². The van der Waals surface area contributed by atoms with Gasteiger partial charge in [0.2, 0.25) is 10.7 Å². The average Bonchev–Trinajstić information content (AvgIpc) is 3.10. The lowest BCUT2D eigenvalue weighted by atomic mass is 10.1. The zero-order chi connectivity index (χ0) is 16.4. The summed E-state index contributed by atoms with van der Waals surface area (Å²) in [4.78, 5) is 9.55. The first kappa shape index (κ1) is 14.7. The lowest BCUT2D eigenvalue weighted by Gasteiger charge is -1.99. The van der Waals surface area contributed by atoms with Crippen LogP contribution in [0.3, 0.4) is 0 Å². The number of nitrogens with zero attached hydrogens (tertiary/aromatic N) is 2. The van der Waals surface area contributed by atoms with E-state index in [4.69, 9.17) is 8.59 Å². The Balaban J connectivity index is 1.68. The van der Waals surface area contributed by atoms with E-state index in [1.54, 1.807) is 7.11 Å². The van der Waals surface area contributed by atoms with Crippen molar-refractivity contribution in [3.63, 3.8) is 0 Å². The van der Waals surface area contributed by atoms with Crippen molar-refractivity contribution in [2.45, 2.75) is 0 Å². The molecule has 4 rings (SSSR count). The Kier molecular flexibility index (Phi) is 3.84. The second-order valence-corrected chi connectivity index (χ2v) is 5.94. The van der Waals surface area contributed by atoms with Gasteiger partial charge in [-0.05, 0) is 47.2 Å². The van der Waals surface area contributed by atoms with Gasteiger partial charge in [0.25, 0.3) is 0 Å². The maximum Gasteiger partial charge on any atom is 0.248 e. The molecule has 4 aromatic rings. The van der Waals surface area contributed by atoms with Gasteiger partial charge in [-0.1, -0.05) is 30.3 Å². The lowest BCUT2D eigenvalue weighted by Crippen LogP contribution is -1.96. The Morgan fingerprint density at radius 3 is 2.54 bits per heavy atom. The summed E-state index contributed by atoms with van der Waals surface area (Å²) in [5.41, 5.74) is 1.76. The van der Waals surface area contributed by atoms with Crippen LogP contribution in [0, 0.1) is 0 Å². The van der Waals surface area contributed by atoms with Crippen LogP contribution in [0.25, 0.3) is 22.2 Å². The molecule has 3 aromatic carbocycles. The van der Waals surface area contributed by atoms with Crippen molar-refractivity contribution in [1.82, 2.24) is 4.98 Å². The van der Waals surface area contributed by atoms with Crippen LogP contribution in [0.1, 0.15) is 0 Å². The highest BCUT2D eigenvalue weighted by Crippen LogP contribution is 2.23. The molecule has 0 aliphatic rings. The molecule has 0 saturated heterocycles. The molecule has 0 atom stereocenters. The molecular weight excluding hydrogens is 320 g/mol. The first-order chi connectivity index (χ1) is 11.8. The van der Waals surface area contributed by atoms with E-state index in [0.29, 0.717) is 10.7 Å². The Bertz CT molecular complexity index is 1050. The quantitative estimate of drug-likeness (QED) is 0.541. The minimum absolute atomic E-state index is 0.581. The summed E-state index contributed by atoms with van der Waals surface area (Å²) in [6.45, 7) is 0. The van der Waals surface area contributed by atoms with Crippen molar-refractivity contribution in [3.8, 4) is 17.2 Å². The smallest absolute Gasteiger partial charge is 0.248 e. The molecule has 5 heteroatoms. The van der Waals surface area contributed by atoms with Crippen LogP contribution in [-0.2, 0) is 0 Å². The molecular formula is C19H14N2O2S. The van der Waals surface area contributed by atoms with E-state index in [1.807, 2.05) is 42.5 Å². The Morgan fingerprint density at radius 2 is 1.75 bits per heavy atom. The standard InChI is InChI=1S/C19H14N2O2S/c1-22-17-10-8-16(9-11-17)20-19-21-18(23-24-19)15-7-6-13-4-2-3-5-14(13)12-15/h2-12H,1H3. The maximum atomic E-state index is 5.63. The van der Waals surface area contributed by atoms with Gasteiger partial charge in [-0.15, -0.1) is 0 Å². The third-order valence-corrected chi connectivity index (χ3v) is 4.26. The molecule has 0 fully saturated rings. The molecule has 0 saturated carbocycles.